The molecule has 0 radical (unpaired) electrons. The fourth-order valence-electron chi connectivity index (χ4n) is 1.54. The monoisotopic (exact) mass is 274 g/mol. The van der Waals surface area contributed by atoms with E-state index in [2.05, 4.69) is 10.3 Å². The van der Waals surface area contributed by atoms with Gasteiger partial charge in [-0.3, -0.25) is 4.79 Å². The number of hydrogen-bond donors (Lipinski definition) is 1. The molecule has 0 aliphatic rings. The molecule has 4 nitrogen and oxygen atoms in total. The number of ether oxygens (including phenoxy) is 1. The fraction of sp³-hybridized carbons (Fsp3) is 0.143. The van der Waals surface area contributed by atoms with Gasteiger partial charge in [0.1, 0.15) is 0 Å². The lowest BCUT2D eigenvalue weighted by Gasteiger charge is -2.06. The van der Waals surface area contributed by atoms with Crippen molar-refractivity contribution >= 4 is 23.4 Å². The molecule has 1 aromatic carbocycles. The molecule has 0 fully saturated rings. The van der Waals surface area contributed by atoms with Crippen molar-refractivity contribution in [3.63, 3.8) is 0 Å². The molecule has 19 heavy (non-hydrogen) atoms. The number of carbonyl (C=O) groups is 1. The van der Waals surface area contributed by atoms with Crippen LogP contribution in [-0.2, 0) is 0 Å². The van der Waals surface area contributed by atoms with E-state index in [0.717, 1.165) is 10.6 Å². The van der Waals surface area contributed by atoms with Crippen LogP contribution >= 0.6 is 11.8 Å². The summed E-state index contributed by atoms with van der Waals surface area (Å²) in [6.07, 6.45) is 3.49. The van der Waals surface area contributed by atoms with Crippen LogP contribution in [0.3, 0.4) is 0 Å². The van der Waals surface area contributed by atoms with Crippen LogP contribution in [0.15, 0.2) is 47.5 Å². The summed E-state index contributed by atoms with van der Waals surface area (Å²) < 4.78 is 4.95. The van der Waals surface area contributed by atoms with E-state index < -0.39 is 0 Å². The van der Waals surface area contributed by atoms with Gasteiger partial charge in [0.05, 0.1) is 12.7 Å². The minimum atomic E-state index is -0.187. The molecule has 1 aromatic heterocycles. The Morgan fingerprint density at radius 3 is 2.79 bits per heavy atom. The molecule has 2 rings (SSSR count). The van der Waals surface area contributed by atoms with Gasteiger partial charge in [0.25, 0.3) is 5.91 Å². The van der Waals surface area contributed by atoms with Gasteiger partial charge in [0.2, 0.25) is 5.88 Å². The Kier molecular flexibility index (Phi) is 4.41. The average Bonchev–Trinajstić information content (AvgIpc) is 2.47. The Labute approximate surface area is 116 Å². The molecule has 0 atom stereocenters. The van der Waals surface area contributed by atoms with Crippen LogP contribution in [0.5, 0.6) is 5.88 Å². The summed E-state index contributed by atoms with van der Waals surface area (Å²) >= 11 is 1.63. The molecule has 0 aliphatic carbocycles. The second kappa shape index (κ2) is 6.24. The maximum Gasteiger partial charge on any atom is 0.257 e. The van der Waals surface area contributed by atoms with Crippen LogP contribution in [-0.4, -0.2) is 24.3 Å². The smallest absolute Gasteiger partial charge is 0.257 e. The minimum absolute atomic E-state index is 0.187. The van der Waals surface area contributed by atoms with Gasteiger partial charge < -0.3 is 10.1 Å². The van der Waals surface area contributed by atoms with Crippen molar-refractivity contribution in [1.82, 2.24) is 4.98 Å². The predicted molar refractivity (Wildman–Crippen MR) is 77.0 cm³/mol. The first kappa shape index (κ1) is 13.4. The zero-order valence-corrected chi connectivity index (χ0v) is 11.5. The molecule has 0 aliphatic heterocycles. The van der Waals surface area contributed by atoms with Crippen LogP contribution in [0.4, 0.5) is 5.69 Å². The molecule has 0 bridgehead atoms. The summed E-state index contributed by atoms with van der Waals surface area (Å²) in [4.78, 5) is 17.1. The number of methoxy groups -OCH3 is 1. The third kappa shape index (κ3) is 3.48. The van der Waals surface area contributed by atoms with Crippen molar-refractivity contribution < 1.29 is 9.53 Å². The fourth-order valence-corrected chi connectivity index (χ4v) is 2.00. The van der Waals surface area contributed by atoms with Crippen molar-refractivity contribution in [2.75, 3.05) is 18.7 Å². The van der Waals surface area contributed by atoms with Gasteiger partial charge in [0.15, 0.2) is 0 Å². The first-order valence-corrected chi connectivity index (χ1v) is 6.91. The SMILES string of the molecule is COc1ccc(C(=O)Nc2cccc(SC)c2)cn1. The molecular formula is C14H14N2O2S. The lowest BCUT2D eigenvalue weighted by molar-refractivity contribution is 0.102. The van der Waals surface area contributed by atoms with Crippen LogP contribution in [0.2, 0.25) is 0 Å². The Morgan fingerprint density at radius 1 is 1.32 bits per heavy atom. The van der Waals surface area contributed by atoms with E-state index in [1.165, 1.54) is 13.3 Å². The molecule has 1 N–H and O–H groups in total. The van der Waals surface area contributed by atoms with Crippen LogP contribution in [0.1, 0.15) is 10.4 Å². The van der Waals surface area contributed by atoms with E-state index in [1.807, 2.05) is 30.5 Å². The van der Waals surface area contributed by atoms with E-state index in [4.69, 9.17) is 4.74 Å². The molecular weight excluding hydrogens is 260 g/mol. The number of amides is 1. The van der Waals surface area contributed by atoms with Gasteiger partial charge in [-0.15, -0.1) is 11.8 Å². The highest BCUT2D eigenvalue weighted by Crippen LogP contribution is 2.19. The van der Waals surface area contributed by atoms with E-state index in [9.17, 15) is 4.79 Å². The van der Waals surface area contributed by atoms with Gasteiger partial charge in [0, 0.05) is 22.8 Å². The number of aromatic nitrogens is 1. The van der Waals surface area contributed by atoms with Gasteiger partial charge in [-0.25, -0.2) is 4.98 Å². The number of thioether (sulfide) groups is 1. The quantitative estimate of drug-likeness (QED) is 0.871. The molecule has 1 heterocycles. The predicted octanol–water partition coefficient (Wildman–Crippen LogP) is 3.06. The van der Waals surface area contributed by atoms with Crippen molar-refractivity contribution in [3.05, 3.63) is 48.2 Å². The van der Waals surface area contributed by atoms with Crippen molar-refractivity contribution in [3.8, 4) is 5.88 Å². The molecule has 0 saturated carbocycles. The summed E-state index contributed by atoms with van der Waals surface area (Å²) in [6, 6.07) is 11.0. The summed E-state index contributed by atoms with van der Waals surface area (Å²) in [5, 5.41) is 2.84. The summed E-state index contributed by atoms with van der Waals surface area (Å²) in [6.45, 7) is 0. The average molecular weight is 274 g/mol. The van der Waals surface area contributed by atoms with Crippen LogP contribution in [0.25, 0.3) is 0 Å². The minimum Gasteiger partial charge on any atom is -0.481 e. The van der Waals surface area contributed by atoms with Crippen LogP contribution in [0, 0.1) is 0 Å². The highest BCUT2D eigenvalue weighted by Gasteiger charge is 2.07. The van der Waals surface area contributed by atoms with Crippen molar-refractivity contribution in [2.24, 2.45) is 0 Å². The van der Waals surface area contributed by atoms with E-state index in [1.54, 1.807) is 23.9 Å². The zero-order chi connectivity index (χ0) is 13.7. The second-order valence-electron chi connectivity index (χ2n) is 3.78. The standard InChI is InChI=1S/C14H14N2O2S/c1-18-13-7-6-10(9-15-13)14(17)16-11-4-3-5-12(8-11)19-2/h3-9H,1-2H3,(H,16,17). The maximum atomic E-state index is 12.0. The highest BCUT2D eigenvalue weighted by atomic mass is 32.2. The zero-order valence-electron chi connectivity index (χ0n) is 10.7. The lowest BCUT2D eigenvalue weighted by atomic mass is 10.2. The Hall–Kier alpha value is -2.01. The van der Waals surface area contributed by atoms with E-state index in [0.29, 0.717) is 11.4 Å². The molecule has 5 heteroatoms. The van der Waals surface area contributed by atoms with Gasteiger partial charge in [-0.1, -0.05) is 6.07 Å². The number of nitrogens with zero attached hydrogens (tertiary/aromatic N) is 1. The second-order valence-corrected chi connectivity index (χ2v) is 4.65. The molecule has 0 spiro atoms. The number of carbonyl (C=O) groups excluding carboxylic acids is 1. The number of nitrogens with one attached hydrogen (secondary N) is 1. The number of pyridine rings is 1. The largest absolute Gasteiger partial charge is 0.481 e. The summed E-state index contributed by atoms with van der Waals surface area (Å²) in [5.41, 5.74) is 1.27. The molecule has 0 unspecified atom stereocenters. The number of anilines is 1. The van der Waals surface area contributed by atoms with Gasteiger partial charge in [-0.2, -0.15) is 0 Å². The molecule has 2 aromatic rings. The molecule has 0 saturated heterocycles. The normalized spacial score (nSPS) is 10.0. The third-order valence-electron chi connectivity index (χ3n) is 2.54. The Balaban J connectivity index is 2.11. The van der Waals surface area contributed by atoms with Crippen molar-refractivity contribution in [1.29, 1.82) is 0 Å². The molecule has 1 amide bonds. The summed E-state index contributed by atoms with van der Waals surface area (Å²) in [5.74, 6) is 0.300. The third-order valence-corrected chi connectivity index (χ3v) is 3.26. The van der Waals surface area contributed by atoms with Crippen molar-refractivity contribution in [2.45, 2.75) is 4.90 Å². The first-order chi connectivity index (χ1) is 9.22. The number of hydrogen-bond acceptors (Lipinski definition) is 4. The van der Waals surface area contributed by atoms with E-state index in [-0.39, 0.29) is 5.91 Å². The molecule has 98 valence electrons. The Morgan fingerprint density at radius 2 is 2.16 bits per heavy atom. The lowest BCUT2D eigenvalue weighted by Crippen LogP contribution is -2.12. The van der Waals surface area contributed by atoms with Gasteiger partial charge >= 0.3 is 0 Å². The topological polar surface area (TPSA) is 51.2 Å². The highest BCUT2D eigenvalue weighted by molar-refractivity contribution is 7.98. The summed E-state index contributed by atoms with van der Waals surface area (Å²) in [7, 11) is 1.54. The maximum absolute atomic E-state index is 12.0. The number of rotatable bonds is 4. The first-order valence-electron chi connectivity index (χ1n) is 5.68. The van der Waals surface area contributed by atoms with E-state index >= 15 is 0 Å². The van der Waals surface area contributed by atoms with Crippen LogP contribution < -0.4 is 10.1 Å². The Bertz CT molecular complexity index is 570. The van der Waals surface area contributed by atoms with Gasteiger partial charge in [-0.05, 0) is 30.5 Å². The number of benzene rings is 1.